The lowest BCUT2D eigenvalue weighted by molar-refractivity contribution is -0.115. The predicted octanol–water partition coefficient (Wildman–Crippen LogP) is 2.36. The molecule has 0 fully saturated rings. The molecular formula is C13H14ClN3O2. The second kappa shape index (κ2) is 6.36. The molecule has 6 heteroatoms. The summed E-state index contributed by atoms with van der Waals surface area (Å²) in [6, 6.07) is 7.09. The van der Waals surface area contributed by atoms with Crippen molar-refractivity contribution in [2.45, 2.75) is 13.5 Å². The average molecular weight is 280 g/mol. The van der Waals surface area contributed by atoms with E-state index in [4.69, 9.17) is 16.0 Å². The average Bonchev–Trinajstić information content (AvgIpc) is 2.78. The van der Waals surface area contributed by atoms with Gasteiger partial charge in [0.05, 0.1) is 30.0 Å². The van der Waals surface area contributed by atoms with Gasteiger partial charge in [-0.05, 0) is 19.1 Å². The van der Waals surface area contributed by atoms with E-state index in [1.165, 1.54) is 0 Å². The summed E-state index contributed by atoms with van der Waals surface area (Å²) in [6.07, 6.45) is 1.64. The van der Waals surface area contributed by atoms with E-state index >= 15 is 0 Å². The zero-order valence-electron chi connectivity index (χ0n) is 10.4. The molecule has 0 aliphatic rings. The Kier molecular flexibility index (Phi) is 4.54. The van der Waals surface area contributed by atoms with Crippen LogP contribution < -0.4 is 10.6 Å². The number of benzene rings is 1. The first-order chi connectivity index (χ1) is 9.15. The number of hydrogen-bond acceptors (Lipinski definition) is 4. The molecule has 0 aliphatic carbocycles. The van der Waals surface area contributed by atoms with Crippen molar-refractivity contribution in [3.8, 4) is 0 Å². The van der Waals surface area contributed by atoms with Crippen molar-refractivity contribution < 1.29 is 9.21 Å². The minimum absolute atomic E-state index is 0.159. The quantitative estimate of drug-likeness (QED) is 0.882. The first-order valence-corrected chi connectivity index (χ1v) is 6.19. The van der Waals surface area contributed by atoms with Crippen LogP contribution in [0.5, 0.6) is 0 Å². The fourth-order valence-corrected chi connectivity index (χ4v) is 1.71. The molecule has 0 atom stereocenters. The Hall–Kier alpha value is -1.85. The number of nitrogens with zero attached hydrogens (tertiary/aromatic N) is 1. The molecule has 100 valence electrons. The van der Waals surface area contributed by atoms with E-state index in [9.17, 15) is 4.79 Å². The molecule has 0 spiro atoms. The van der Waals surface area contributed by atoms with Crippen LogP contribution in [0.1, 0.15) is 11.7 Å². The van der Waals surface area contributed by atoms with Gasteiger partial charge in [-0.2, -0.15) is 0 Å². The number of aryl methyl sites for hydroxylation is 1. The fraction of sp³-hybridized carbons (Fsp3) is 0.231. The molecule has 1 aromatic heterocycles. The second-order valence-electron chi connectivity index (χ2n) is 4.00. The van der Waals surface area contributed by atoms with Gasteiger partial charge in [0.25, 0.3) is 0 Å². The molecule has 1 amide bonds. The van der Waals surface area contributed by atoms with Crippen LogP contribution in [0, 0.1) is 6.92 Å². The summed E-state index contributed by atoms with van der Waals surface area (Å²) in [7, 11) is 0. The van der Waals surface area contributed by atoms with E-state index < -0.39 is 0 Å². The van der Waals surface area contributed by atoms with Gasteiger partial charge < -0.3 is 9.73 Å². The van der Waals surface area contributed by atoms with E-state index in [2.05, 4.69) is 15.6 Å². The van der Waals surface area contributed by atoms with Gasteiger partial charge in [0, 0.05) is 0 Å². The zero-order valence-corrected chi connectivity index (χ0v) is 11.2. The maximum absolute atomic E-state index is 11.7. The lowest BCUT2D eigenvalue weighted by atomic mass is 10.3. The van der Waals surface area contributed by atoms with E-state index in [-0.39, 0.29) is 12.5 Å². The molecule has 0 saturated heterocycles. The van der Waals surface area contributed by atoms with Crippen LogP contribution in [0.2, 0.25) is 5.02 Å². The van der Waals surface area contributed by atoms with E-state index in [0.29, 0.717) is 23.1 Å². The molecule has 1 aromatic carbocycles. The van der Waals surface area contributed by atoms with E-state index in [1.807, 2.05) is 13.0 Å². The fourth-order valence-electron chi connectivity index (χ4n) is 1.52. The van der Waals surface area contributed by atoms with Crippen molar-refractivity contribution in [2.75, 3.05) is 11.9 Å². The SMILES string of the molecule is Cc1cnc(CNCC(=O)Nc2ccccc2Cl)o1. The molecule has 2 aromatic rings. The normalized spacial score (nSPS) is 10.4. The van der Waals surface area contributed by atoms with E-state index in [1.54, 1.807) is 24.4 Å². The number of aromatic nitrogens is 1. The maximum atomic E-state index is 11.7. The first kappa shape index (κ1) is 13.6. The Morgan fingerprint density at radius 1 is 1.42 bits per heavy atom. The molecule has 1 heterocycles. The van der Waals surface area contributed by atoms with Gasteiger partial charge in [0.15, 0.2) is 0 Å². The predicted molar refractivity (Wildman–Crippen MR) is 73.0 cm³/mol. The summed E-state index contributed by atoms with van der Waals surface area (Å²) in [4.78, 5) is 15.7. The Morgan fingerprint density at radius 2 is 2.21 bits per heavy atom. The number of para-hydroxylation sites is 1. The van der Waals surface area contributed by atoms with Crippen LogP contribution in [-0.4, -0.2) is 17.4 Å². The Bertz CT molecular complexity index is 569. The van der Waals surface area contributed by atoms with Crippen molar-refractivity contribution in [1.29, 1.82) is 0 Å². The van der Waals surface area contributed by atoms with Gasteiger partial charge >= 0.3 is 0 Å². The third-order valence-corrected chi connectivity index (χ3v) is 2.71. The molecule has 0 saturated carbocycles. The summed E-state index contributed by atoms with van der Waals surface area (Å²) >= 11 is 5.94. The van der Waals surface area contributed by atoms with Crippen molar-refractivity contribution >= 4 is 23.2 Å². The van der Waals surface area contributed by atoms with Gasteiger partial charge in [-0.25, -0.2) is 4.98 Å². The highest BCUT2D eigenvalue weighted by molar-refractivity contribution is 6.33. The summed E-state index contributed by atoms with van der Waals surface area (Å²) in [5.74, 6) is 1.14. The standard InChI is InChI=1S/C13H14ClN3O2/c1-9-6-16-13(19-9)8-15-7-12(18)17-11-5-3-2-4-10(11)14/h2-6,15H,7-8H2,1H3,(H,17,18). The maximum Gasteiger partial charge on any atom is 0.238 e. The van der Waals surface area contributed by atoms with Gasteiger partial charge in [0.2, 0.25) is 11.8 Å². The number of amides is 1. The summed E-state index contributed by atoms with van der Waals surface area (Å²) in [6.45, 7) is 2.39. The Balaban J connectivity index is 1.77. The summed E-state index contributed by atoms with van der Waals surface area (Å²) in [5.41, 5.74) is 0.600. The molecule has 0 radical (unpaired) electrons. The minimum Gasteiger partial charge on any atom is -0.445 e. The Morgan fingerprint density at radius 3 is 2.89 bits per heavy atom. The van der Waals surface area contributed by atoms with Crippen molar-refractivity contribution in [1.82, 2.24) is 10.3 Å². The molecule has 19 heavy (non-hydrogen) atoms. The zero-order chi connectivity index (χ0) is 13.7. The number of carbonyl (C=O) groups excluding carboxylic acids is 1. The highest BCUT2D eigenvalue weighted by Crippen LogP contribution is 2.19. The van der Waals surface area contributed by atoms with E-state index in [0.717, 1.165) is 5.76 Å². The molecule has 0 bridgehead atoms. The van der Waals surface area contributed by atoms with Crippen molar-refractivity contribution in [3.63, 3.8) is 0 Å². The highest BCUT2D eigenvalue weighted by Gasteiger charge is 2.06. The molecule has 5 nitrogen and oxygen atoms in total. The third kappa shape index (κ3) is 4.08. The third-order valence-electron chi connectivity index (χ3n) is 2.38. The van der Waals surface area contributed by atoms with Crippen LogP contribution >= 0.6 is 11.6 Å². The van der Waals surface area contributed by atoms with Gasteiger partial charge in [-0.3, -0.25) is 10.1 Å². The number of nitrogens with one attached hydrogen (secondary N) is 2. The summed E-state index contributed by atoms with van der Waals surface area (Å²) < 4.78 is 5.28. The monoisotopic (exact) mass is 279 g/mol. The topological polar surface area (TPSA) is 67.2 Å². The number of carbonyl (C=O) groups is 1. The van der Waals surface area contributed by atoms with Gasteiger partial charge in [0.1, 0.15) is 5.76 Å². The Labute approximate surface area is 116 Å². The van der Waals surface area contributed by atoms with Crippen molar-refractivity contribution in [2.24, 2.45) is 0 Å². The van der Waals surface area contributed by atoms with Crippen molar-refractivity contribution in [3.05, 3.63) is 47.1 Å². The number of anilines is 1. The van der Waals surface area contributed by atoms with Crippen LogP contribution in [0.4, 0.5) is 5.69 Å². The molecule has 2 rings (SSSR count). The van der Waals surface area contributed by atoms with Crippen LogP contribution in [0.15, 0.2) is 34.9 Å². The number of hydrogen-bond donors (Lipinski definition) is 2. The van der Waals surface area contributed by atoms with Crippen LogP contribution in [-0.2, 0) is 11.3 Å². The second-order valence-corrected chi connectivity index (χ2v) is 4.40. The lowest BCUT2D eigenvalue weighted by Gasteiger charge is -2.07. The minimum atomic E-state index is -0.170. The van der Waals surface area contributed by atoms with Gasteiger partial charge in [-0.1, -0.05) is 23.7 Å². The smallest absolute Gasteiger partial charge is 0.238 e. The van der Waals surface area contributed by atoms with Gasteiger partial charge in [-0.15, -0.1) is 0 Å². The van der Waals surface area contributed by atoms with Crippen LogP contribution in [0.3, 0.4) is 0 Å². The molecule has 0 unspecified atom stereocenters. The number of halogens is 1. The number of rotatable bonds is 5. The lowest BCUT2D eigenvalue weighted by Crippen LogP contribution is -2.27. The largest absolute Gasteiger partial charge is 0.445 e. The summed E-state index contributed by atoms with van der Waals surface area (Å²) in [5, 5.41) is 6.17. The molecular weight excluding hydrogens is 266 g/mol. The number of oxazole rings is 1. The first-order valence-electron chi connectivity index (χ1n) is 5.81. The van der Waals surface area contributed by atoms with Crippen LogP contribution in [0.25, 0.3) is 0 Å². The molecule has 2 N–H and O–H groups in total. The highest BCUT2D eigenvalue weighted by atomic mass is 35.5. The molecule has 0 aliphatic heterocycles.